The quantitative estimate of drug-likeness (QED) is 0.926. The van der Waals surface area contributed by atoms with Gasteiger partial charge in [0.15, 0.2) is 0 Å². The average Bonchev–Trinajstić information content (AvgIpc) is 2.82. The van der Waals surface area contributed by atoms with Gasteiger partial charge in [0.25, 0.3) is 5.91 Å². The van der Waals surface area contributed by atoms with Crippen molar-refractivity contribution in [3.8, 4) is 0 Å². The molecule has 0 aliphatic carbocycles. The first-order valence-corrected chi connectivity index (χ1v) is 6.57. The Morgan fingerprint density at radius 2 is 1.90 bits per heavy atom. The maximum Gasteiger partial charge on any atom is 0.405 e. The van der Waals surface area contributed by atoms with Gasteiger partial charge in [0.2, 0.25) is 5.91 Å². The van der Waals surface area contributed by atoms with E-state index in [1.165, 1.54) is 12.1 Å². The zero-order chi connectivity index (χ0) is 15.5. The summed E-state index contributed by atoms with van der Waals surface area (Å²) in [6.07, 6.45) is -3.03. The number of hydrogen-bond donors (Lipinski definition) is 1. The summed E-state index contributed by atoms with van der Waals surface area (Å²) in [6, 6.07) is 6.21. The summed E-state index contributed by atoms with van der Waals surface area (Å²) in [5.74, 6) is -0.668. The number of nitrogens with zero attached hydrogens (tertiary/aromatic N) is 1. The molecule has 0 radical (unpaired) electrons. The first kappa shape index (κ1) is 15.3. The summed E-state index contributed by atoms with van der Waals surface area (Å²) in [7, 11) is 0. The molecule has 114 valence electrons. The molecule has 1 heterocycles. The predicted molar refractivity (Wildman–Crippen MR) is 69.5 cm³/mol. The van der Waals surface area contributed by atoms with Gasteiger partial charge in [0.05, 0.1) is 0 Å². The van der Waals surface area contributed by atoms with Gasteiger partial charge in [-0.25, -0.2) is 0 Å². The van der Waals surface area contributed by atoms with Crippen LogP contribution in [-0.4, -0.2) is 36.0 Å². The third-order valence-corrected chi connectivity index (χ3v) is 3.21. The molecule has 0 saturated carbocycles. The molecule has 1 saturated heterocycles. The number of rotatable bonds is 4. The minimum atomic E-state index is -4.42. The largest absolute Gasteiger partial charge is 0.405 e. The SMILES string of the molecule is O=C(NCC(F)(F)F)c1ccc(CN2CCCC2=O)cc1. The van der Waals surface area contributed by atoms with Gasteiger partial charge >= 0.3 is 6.18 Å². The topological polar surface area (TPSA) is 49.4 Å². The monoisotopic (exact) mass is 300 g/mol. The van der Waals surface area contributed by atoms with Crippen LogP contribution in [0.3, 0.4) is 0 Å². The minimum absolute atomic E-state index is 0.0991. The van der Waals surface area contributed by atoms with E-state index in [4.69, 9.17) is 0 Å². The molecule has 0 atom stereocenters. The lowest BCUT2D eigenvalue weighted by Crippen LogP contribution is -2.33. The van der Waals surface area contributed by atoms with Gasteiger partial charge in [0, 0.05) is 25.1 Å². The zero-order valence-corrected chi connectivity index (χ0v) is 11.2. The van der Waals surface area contributed by atoms with Crippen LogP contribution in [0.4, 0.5) is 13.2 Å². The second-order valence-electron chi connectivity index (χ2n) is 4.91. The summed E-state index contributed by atoms with van der Waals surface area (Å²) in [5.41, 5.74) is 1.01. The number of carbonyl (C=O) groups excluding carboxylic acids is 2. The third kappa shape index (κ3) is 4.47. The molecule has 1 aromatic carbocycles. The van der Waals surface area contributed by atoms with Gasteiger partial charge in [-0.1, -0.05) is 12.1 Å². The molecule has 1 aliphatic heterocycles. The molecule has 7 heteroatoms. The number of alkyl halides is 3. The van der Waals surface area contributed by atoms with E-state index in [-0.39, 0.29) is 11.5 Å². The average molecular weight is 300 g/mol. The standard InChI is InChI=1S/C14H15F3N2O2/c15-14(16,17)9-18-13(21)11-5-3-10(4-6-11)8-19-7-1-2-12(19)20/h3-6H,1-2,7-9H2,(H,18,21). The fourth-order valence-corrected chi connectivity index (χ4v) is 2.14. The third-order valence-electron chi connectivity index (χ3n) is 3.21. The summed E-state index contributed by atoms with van der Waals surface area (Å²) < 4.78 is 36.0. The normalized spacial score (nSPS) is 15.4. The van der Waals surface area contributed by atoms with E-state index in [0.29, 0.717) is 19.5 Å². The molecule has 1 fully saturated rings. The van der Waals surface area contributed by atoms with Crippen molar-refractivity contribution in [2.24, 2.45) is 0 Å². The van der Waals surface area contributed by atoms with Crippen molar-refractivity contribution in [1.29, 1.82) is 0 Å². The number of benzene rings is 1. The van der Waals surface area contributed by atoms with E-state index in [0.717, 1.165) is 12.0 Å². The Morgan fingerprint density at radius 1 is 1.24 bits per heavy atom. The zero-order valence-electron chi connectivity index (χ0n) is 11.2. The van der Waals surface area contributed by atoms with Crippen molar-refractivity contribution < 1.29 is 22.8 Å². The van der Waals surface area contributed by atoms with E-state index in [1.807, 2.05) is 5.32 Å². The molecule has 0 unspecified atom stereocenters. The Hall–Kier alpha value is -2.05. The van der Waals surface area contributed by atoms with Crippen molar-refractivity contribution >= 4 is 11.8 Å². The van der Waals surface area contributed by atoms with Crippen LogP contribution < -0.4 is 5.32 Å². The highest BCUT2D eigenvalue weighted by Gasteiger charge is 2.27. The predicted octanol–water partition coefficient (Wildman–Crippen LogP) is 2.10. The van der Waals surface area contributed by atoms with Crippen LogP contribution in [0.15, 0.2) is 24.3 Å². The number of likely N-dealkylation sites (tertiary alicyclic amines) is 1. The van der Waals surface area contributed by atoms with Crippen molar-refractivity contribution in [3.63, 3.8) is 0 Å². The molecular weight excluding hydrogens is 285 g/mol. The fourth-order valence-electron chi connectivity index (χ4n) is 2.14. The molecule has 1 aromatic rings. The van der Waals surface area contributed by atoms with Gasteiger partial charge in [-0.3, -0.25) is 9.59 Å². The number of halogens is 3. The highest BCUT2D eigenvalue weighted by Crippen LogP contribution is 2.15. The van der Waals surface area contributed by atoms with Gasteiger partial charge in [-0.05, 0) is 24.1 Å². The first-order valence-electron chi connectivity index (χ1n) is 6.57. The lowest BCUT2D eigenvalue weighted by atomic mass is 10.1. The molecule has 4 nitrogen and oxygen atoms in total. The molecule has 2 rings (SSSR count). The molecule has 1 N–H and O–H groups in total. The second-order valence-corrected chi connectivity index (χ2v) is 4.91. The Bertz CT molecular complexity index is 526. The number of amides is 2. The number of carbonyl (C=O) groups is 2. The highest BCUT2D eigenvalue weighted by atomic mass is 19.4. The van der Waals surface area contributed by atoms with E-state index >= 15 is 0 Å². The van der Waals surface area contributed by atoms with Gasteiger partial charge in [0.1, 0.15) is 6.54 Å². The van der Waals surface area contributed by atoms with Crippen LogP contribution >= 0.6 is 0 Å². The molecule has 2 amide bonds. The molecule has 0 aromatic heterocycles. The molecular formula is C14H15F3N2O2. The smallest absolute Gasteiger partial charge is 0.343 e. The van der Waals surface area contributed by atoms with E-state index in [9.17, 15) is 22.8 Å². The van der Waals surface area contributed by atoms with Crippen LogP contribution in [0, 0.1) is 0 Å². The Balaban J connectivity index is 1.92. The van der Waals surface area contributed by atoms with Crippen LogP contribution in [0.1, 0.15) is 28.8 Å². The Kier molecular flexibility index (Phi) is 4.50. The van der Waals surface area contributed by atoms with Crippen molar-refractivity contribution in [2.45, 2.75) is 25.6 Å². The fraction of sp³-hybridized carbons (Fsp3) is 0.429. The van der Waals surface area contributed by atoms with Crippen molar-refractivity contribution in [2.75, 3.05) is 13.1 Å². The molecule has 0 bridgehead atoms. The molecule has 0 spiro atoms. The van der Waals surface area contributed by atoms with Crippen LogP contribution in [0.2, 0.25) is 0 Å². The molecule has 1 aliphatic rings. The lowest BCUT2D eigenvalue weighted by Gasteiger charge is -2.15. The van der Waals surface area contributed by atoms with E-state index in [1.54, 1.807) is 17.0 Å². The maximum atomic E-state index is 12.0. The van der Waals surface area contributed by atoms with Crippen LogP contribution in [0.25, 0.3) is 0 Å². The van der Waals surface area contributed by atoms with Crippen LogP contribution in [-0.2, 0) is 11.3 Å². The lowest BCUT2D eigenvalue weighted by molar-refractivity contribution is -0.128. The van der Waals surface area contributed by atoms with Crippen molar-refractivity contribution in [3.05, 3.63) is 35.4 Å². The highest BCUT2D eigenvalue weighted by molar-refractivity contribution is 5.94. The van der Waals surface area contributed by atoms with Gasteiger partial charge < -0.3 is 10.2 Å². The van der Waals surface area contributed by atoms with Crippen molar-refractivity contribution in [1.82, 2.24) is 10.2 Å². The van der Waals surface area contributed by atoms with E-state index in [2.05, 4.69) is 0 Å². The minimum Gasteiger partial charge on any atom is -0.343 e. The summed E-state index contributed by atoms with van der Waals surface area (Å²) in [6.45, 7) is -0.175. The number of nitrogens with one attached hydrogen (secondary N) is 1. The number of hydrogen-bond acceptors (Lipinski definition) is 2. The summed E-state index contributed by atoms with van der Waals surface area (Å²) >= 11 is 0. The summed E-state index contributed by atoms with van der Waals surface area (Å²) in [5, 5.41) is 1.81. The summed E-state index contributed by atoms with van der Waals surface area (Å²) in [4.78, 5) is 24.7. The van der Waals surface area contributed by atoms with E-state index < -0.39 is 18.6 Å². The molecule has 21 heavy (non-hydrogen) atoms. The maximum absolute atomic E-state index is 12.0. The van der Waals surface area contributed by atoms with Crippen LogP contribution in [0.5, 0.6) is 0 Å². The van der Waals surface area contributed by atoms with Gasteiger partial charge in [-0.15, -0.1) is 0 Å². The first-order chi connectivity index (χ1) is 9.85. The Labute approximate surface area is 119 Å². The Morgan fingerprint density at radius 3 is 2.43 bits per heavy atom. The second kappa shape index (κ2) is 6.15. The van der Waals surface area contributed by atoms with Gasteiger partial charge in [-0.2, -0.15) is 13.2 Å².